The van der Waals surface area contributed by atoms with Crippen molar-refractivity contribution in [3.63, 3.8) is 0 Å². The van der Waals surface area contributed by atoms with Crippen molar-refractivity contribution >= 4 is 11.7 Å². The van der Waals surface area contributed by atoms with Crippen molar-refractivity contribution in [1.29, 1.82) is 0 Å². The summed E-state index contributed by atoms with van der Waals surface area (Å²) in [5.41, 5.74) is 0.391. The number of ether oxygens (including phenoxy) is 3. The molecule has 0 saturated heterocycles. The van der Waals surface area contributed by atoms with Crippen molar-refractivity contribution in [2.75, 3.05) is 32.2 Å². The maximum atomic E-state index is 12.2. The third-order valence-electron chi connectivity index (χ3n) is 3.92. The van der Waals surface area contributed by atoms with E-state index in [0.717, 1.165) is 19.3 Å². The Morgan fingerprint density at radius 1 is 1.33 bits per heavy atom. The van der Waals surface area contributed by atoms with Crippen LogP contribution in [-0.2, 0) is 4.74 Å². The fourth-order valence-corrected chi connectivity index (χ4v) is 2.75. The lowest BCUT2D eigenvalue weighted by atomic mass is 9.77. The standard InChI is InChI=1S/C15H20N2O4/c1-19-10-15(6-3-7-15)17-14(18)16-11-4-2-5-12-13(11)21-9-8-20-12/h2,4-5H,3,6-10H2,1H3,(H2,16,17,18). The van der Waals surface area contributed by atoms with Crippen molar-refractivity contribution in [3.8, 4) is 11.5 Å². The van der Waals surface area contributed by atoms with Gasteiger partial charge in [0.2, 0.25) is 0 Å². The van der Waals surface area contributed by atoms with Crippen molar-refractivity contribution in [1.82, 2.24) is 5.32 Å². The Morgan fingerprint density at radius 2 is 2.14 bits per heavy atom. The fourth-order valence-electron chi connectivity index (χ4n) is 2.75. The smallest absolute Gasteiger partial charge is 0.319 e. The summed E-state index contributed by atoms with van der Waals surface area (Å²) in [6, 6.07) is 5.22. The Morgan fingerprint density at radius 3 is 2.86 bits per heavy atom. The number of hydrogen-bond acceptors (Lipinski definition) is 4. The van der Waals surface area contributed by atoms with Gasteiger partial charge in [-0.1, -0.05) is 6.07 Å². The molecule has 2 amide bonds. The lowest BCUT2D eigenvalue weighted by Crippen LogP contribution is -2.57. The van der Waals surface area contributed by atoms with E-state index in [-0.39, 0.29) is 11.6 Å². The van der Waals surface area contributed by atoms with Gasteiger partial charge in [0.05, 0.1) is 17.8 Å². The Labute approximate surface area is 123 Å². The van der Waals surface area contributed by atoms with E-state index >= 15 is 0 Å². The maximum absolute atomic E-state index is 12.2. The Balaban J connectivity index is 1.68. The van der Waals surface area contributed by atoms with Gasteiger partial charge in [0.1, 0.15) is 13.2 Å². The highest BCUT2D eigenvalue weighted by atomic mass is 16.6. The molecule has 2 N–H and O–H groups in total. The first kappa shape index (κ1) is 14.0. The van der Waals surface area contributed by atoms with Crippen LogP contribution in [0.3, 0.4) is 0 Å². The number of carbonyl (C=O) groups excluding carboxylic acids is 1. The largest absolute Gasteiger partial charge is 0.486 e. The molecule has 3 rings (SSSR count). The van der Waals surface area contributed by atoms with Crippen LogP contribution in [0.5, 0.6) is 11.5 Å². The third-order valence-corrected chi connectivity index (χ3v) is 3.92. The summed E-state index contributed by atoms with van der Waals surface area (Å²) in [5, 5.41) is 5.86. The predicted molar refractivity (Wildman–Crippen MR) is 78.0 cm³/mol. The summed E-state index contributed by atoms with van der Waals surface area (Å²) in [6.07, 6.45) is 3.00. The van der Waals surface area contributed by atoms with Gasteiger partial charge in [-0.2, -0.15) is 0 Å². The third kappa shape index (κ3) is 2.90. The lowest BCUT2D eigenvalue weighted by Gasteiger charge is -2.41. The molecule has 0 aromatic heterocycles. The molecule has 6 nitrogen and oxygen atoms in total. The number of carbonyl (C=O) groups is 1. The fraction of sp³-hybridized carbons (Fsp3) is 0.533. The van der Waals surface area contributed by atoms with E-state index in [9.17, 15) is 4.79 Å². The molecule has 0 bridgehead atoms. The number of para-hydroxylation sites is 1. The van der Waals surface area contributed by atoms with E-state index < -0.39 is 0 Å². The van der Waals surface area contributed by atoms with Gasteiger partial charge >= 0.3 is 6.03 Å². The van der Waals surface area contributed by atoms with E-state index in [2.05, 4.69) is 10.6 Å². The molecular formula is C15H20N2O4. The number of rotatable bonds is 4. The molecule has 1 saturated carbocycles. The Bertz CT molecular complexity index is 528. The van der Waals surface area contributed by atoms with E-state index in [1.165, 1.54) is 0 Å². The van der Waals surface area contributed by atoms with Crippen LogP contribution in [0.4, 0.5) is 10.5 Å². The second-order valence-corrected chi connectivity index (χ2v) is 5.48. The average molecular weight is 292 g/mol. The summed E-state index contributed by atoms with van der Waals surface area (Å²) in [6.45, 7) is 1.55. The van der Waals surface area contributed by atoms with Gasteiger partial charge in [0, 0.05) is 7.11 Å². The second kappa shape index (κ2) is 5.81. The van der Waals surface area contributed by atoms with Gasteiger partial charge < -0.3 is 24.8 Å². The molecule has 1 heterocycles. The van der Waals surface area contributed by atoms with Gasteiger partial charge in [0.25, 0.3) is 0 Å². The van der Waals surface area contributed by atoms with Gasteiger partial charge in [-0.15, -0.1) is 0 Å². The number of hydrogen-bond donors (Lipinski definition) is 2. The molecule has 0 radical (unpaired) electrons. The molecular weight excluding hydrogens is 272 g/mol. The number of methoxy groups -OCH3 is 1. The number of anilines is 1. The van der Waals surface area contributed by atoms with Crippen LogP contribution in [0.15, 0.2) is 18.2 Å². The first-order valence-corrected chi connectivity index (χ1v) is 7.19. The van der Waals surface area contributed by atoms with Gasteiger partial charge in [0.15, 0.2) is 11.5 Å². The molecule has 1 fully saturated rings. The maximum Gasteiger partial charge on any atom is 0.319 e. The highest BCUT2D eigenvalue weighted by Crippen LogP contribution is 2.37. The summed E-state index contributed by atoms with van der Waals surface area (Å²) in [5.74, 6) is 1.25. The van der Waals surface area contributed by atoms with Gasteiger partial charge in [-0.3, -0.25) is 0 Å². The quantitative estimate of drug-likeness (QED) is 0.892. The SMILES string of the molecule is COCC1(NC(=O)Nc2cccc3c2OCCO3)CCC1. The molecule has 2 aliphatic rings. The molecule has 1 aliphatic carbocycles. The Kier molecular flexibility index (Phi) is 3.88. The molecule has 0 atom stereocenters. The number of benzene rings is 1. The number of nitrogens with one attached hydrogen (secondary N) is 2. The average Bonchev–Trinajstić information content (AvgIpc) is 2.45. The zero-order valence-corrected chi connectivity index (χ0v) is 12.1. The van der Waals surface area contributed by atoms with E-state index in [4.69, 9.17) is 14.2 Å². The summed E-state index contributed by atoms with van der Waals surface area (Å²) >= 11 is 0. The molecule has 1 aromatic carbocycles. The van der Waals surface area contributed by atoms with Crippen molar-refractivity contribution in [2.24, 2.45) is 0 Å². The normalized spacial score (nSPS) is 18.5. The molecule has 0 unspecified atom stereocenters. The minimum atomic E-state index is -0.241. The van der Waals surface area contributed by atoms with Crippen LogP contribution < -0.4 is 20.1 Å². The molecule has 1 aliphatic heterocycles. The topological polar surface area (TPSA) is 68.8 Å². The van der Waals surface area contributed by atoms with Gasteiger partial charge in [-0.25, -0.2) is 4.79 Å². The van der Waals surface area contributed by atoms with Crippen LogP contribution in [0.2, 0.25) is 0 Å². The van der Waals surface area contributed by atoms with Crippen LogP contribution in [0.25, 0.3) is 0 Å². The zero-order valence-electron chi connectivity index (χ0n) is 12.1. The number of fused-ring (bicyclic) bond motifs is 1. The molecule has 6 heteroatoms. The van der Waals surface area contributed by atoms with E-state index in [1.807, 2.05) is 12.1 Å². The zero-order chi connectivity index (χ0) is 14.7. The van der Waals surface area contributed by atoms with E-state index in [0.29, 0.717) is 37.0 Å². The minimum Gasteiger partial charge on any atom is -0.486 e. The molecule has 0 spiro atoms. The van der Waals surface area contributed by atoms with Crippen molar-refractivity contribution in [3.05, 3.63) is 18.2 Å². The van der Waals surface area contributed by atoms with Crippen LogP contribution in [-0.4, -0.2) is 38.5 Å². The van der Waals surface area contributed by atoms with Crippen molar-refractivity contribution < 1.29 is 19.0 Å². The first-order valence-electron chi connectivity index (χ1n) is 7.19. The van der Waals surface area contributed by atoms with Gasteiger partial charge in [-0.05, 0) is 31.4 Å². The van der Waals surface area contributed by atoms with Crippen LogP contribution in [0, 0.1) is 0 Å². The second-order valence-electron chi connectivity index (χ2n) is 5.48. The summed E-state index contributed by atoms with van der Waals surface area (Å²) in [7, 11) is 1.65. The molecule has 114 valence electrons. The lowest BCUT2D eigenvalue weighted by molar-refractivity contribution is 0.0648. The van der Waals surface area contributed by atoms with Crippen molar-refractivity contribution in [2.45, 2.75) is 24.8 Å². The first-order chi connectivity index (χ1) is 10.2. The molecule has 1 aromatic rings. The Hall–Kier alpha value is -1.95. The van der Waals surface area contributed by atoms with Crippen LogP contribution >= 0.6 is 0 Å². The summed E-state index contributed by atoms with van der Waals surface area (Å²) < 4.78 is 16.3. The summed E-state index contributed by atoms with van der Waals surface area (Å²) in [4.78, 5) is 12.2. The van der Waals surface area contributed by atoms with E-state index in [1.54, 1.807) is 13.2 Å². The molecule has 21 heavy (non-hydrogen) atoms. The predicted octanol–water partition coefficient (Wildman–Crippen LogP) is 2.15. The monoisotopic (exact) mass is 292 g/mol. The highest BCUT2D eigenvalue weighted by Gasteiger charge is 2.38. The van der Waals surface area contributed by atoms with Crippen LogP contribution in [0.1, 0.15) is 19.3 Å². The minimum absolute atomic E-state index is 0.231. The highest BCUT2D eigenvalue weighted by molar-refractivity contribution is 5.92. The number of urea groups is 1. The number of amides is 2.